The van der Waals surface area contributed by atoms with Crippen LogP contribution in [0.3, 0.4) is 0 Å². The number of urea groups is 1. The van der Waals surface area contributed by atoms with Gasteiger partial charge in [0.25, 0.3) is 11.8 Å². The Bertz CT molecular complexity index is 429. The SMILES string of the molecule is CCC1(CC)C(=O)NC(=O)N(C(=O)C(O)CO)C1=O. The van der Waals surface area contributed by atoms with Gasteiger partial charge in [0, 0.05) is 0 Å². The quantitative estimate of drug-likeness (QED) is 0.549. The van der Waals surface area contributed by atoms with Crippen LogP contribution in [0.15, 0.2) is 0 Å². The molecule has 1 unspecified atom stereocenters. The lowest BCUT2D eigenvalue weighted by Gasteiger charge is -2.37. The second-order valence-corrected chi connectivity index (χ2v) is 4.23. The lowest BCUT2D eigenvalue weighted by Crippen LogP contribution is -2.66. The predicted octanol–water partition coefficient (Wildman–Crippen LogP) is -1.25. The summed E-state index contributed by atoms with van der Waals surface area (Å²) in [6, 6.07) is -1.20. The summed E-state index contributed by atoms with van der Waals surface area (Å²) in [6.07, 6.45) is -1.66. The van der Waals surface area contributed by atoms with E-state index in [0.29, 0.717) is 0 Å². The molecule has 1 rings (SSSR count). The first-order valence-corrected chi connectivity index (χ1v) is 5.88. The lowest BCUT2D eigenvalue weighted by molar-refractivity contribution is -0.159. The molecule has 0 spiro atoms. The highest BCUT2D eigenvalue weighted by atomic mass is 16.3. The Balaban J connectivity index is 3.19. The molecule has 106 valence electrons. The molecule has 8 nitrogen and oxygen atoms in total. The summed E-state index contributed by atoms with van der Waals surface area (Å²) in [5, 5.41) is 19.9. The number of hydrogen-bond donors (Lipinski definition) is 3. The maximum atomic E-state index is 12.2. The van der Waals surface area contributed by atoms with Crippen LogP contribution in [-0.2, 0) is 14.4 Å². The fraction of sp³-hybridized carbons (Fsp3) is 0.636. The van der Waals surface area contributed by atoms with Crippen molar-refractivity contribution >= 4 is 23.8 Å². The molecule has 1 aliphatic heterocycles. The minimum absolute atomic E-state index is 0.112. The van der Waals surface area contributed by atoms with Gasteiger partial charge in [-0.05, 0) is 12.8 Å². The summed E-state index contributed by atoms with van der Waals surface area (Å²) in [5.74, 6) is -2.97. The Hall–Kier alpha value is -1.80. The zero-order valence-corrected chi connectivity index (χ0v) is 10.7. The summed E-state index contributed by atoms with van der Waals surface area (Å²) in [5.41, 5.74) is -1.50. The van der Waals surface area contributed by atoms with Crippen LogP contribution in [-0.4, -0.2) is 51.6 Å². The number of hydrogen-bond acceptors (Lipinski definition) is 6. The first-order valence-electron chi connectivity index (χ1n) is 5.88. The van der Waals surface area contributed by atoms with Crippen LogP contribution in [0.5, 0.6) is 0 Å². The number of barbiturate groups is 1. The van der Waals surface area contributed by atoms with Crippen molar-refractivity contribution in [3.63, 3.8) is 0 Å². The minimum atomic E-state index is -1.88. The van der Waals surface area contributed by atoms with Crippen molar-refractivity contribution in [1.29, 1.82) is 0 Å². The van der Waals surface area contributed by atoms with Crippen LogP contribution in [0.4, 0.5) is 4.79 Å². The number of amides is 5. The number of imide groups is 4. The molecule has 5 amide bonds. The fourth-order valence-corrected chi connectivity index (χ4v) is 1.98. The molecule has 1 atom stereocenters. The molecule has 0 radical (unpaired) electrons. The average molecular weight is 272 g/mol. The third kappa shape index (κ3) is 2.24. The molecule has 19 heavy (non-hydrogen) atoms. The van der Waals surface area contributed by atoms with Gasteiger partial charge in [-0.2, -0.15) is 4.90 Å². The average Bonchev–Trinajstić information content (AvgIpc) is 2.38. The second-order valence-electron chi connectivity index (χ2n) is 4.23. The van der Waals surface area contributed by atoms with Crippen LogP contribution in [0.1, 0.15) is 26.7 Å². The predicted molar refractivity (Wildman–Crippen MR) is 61.5 cm³/mol. The molecule has 3 N–H and O–H groups in total. The van der Waals surface area contributed by atoms with Crippen LogP contribution >= 0.6 is 0 Å². The zero-order valence-electron chi connectivity index (χ0n) is 10.7. The molecule has 0 saturated carbocycles. The van der Waals surface area contributed by atoms with Gasteiger partial charge in [0.15, 0.2) is 6.10 Å². The van der Waals surface area contributed by atoms with Crippen LogP contribution < -0.4 is 5.32 Å². The van der Waals surface area contributed by atoms with Crippen LogP contribution in [0, 0.1) is 5.41 Å². The lowest BCUT2D eigenvalue weighted by atomic mass is 9.78. The van der Waals surface area contributed by atoms with Crippen molar-refractivity contribution in [3.8, 4) is 0 Å². The van der Waals surface area contributed by atoms with E-state index in [4.69, 9.17) is 5.11 Å². The van der Waals surface area contributed by atoms with Crippen LogP contribution in [0.25, 0.3) is 0 Å². The molecule has 0 aromatic rings. The van der Waals surface area contributed by atoms with Crippen molar-refractivity contribution in [3.05, 3.63) is 0 Å². The van der Waals surface area contributed by atoms with E-state index in [1.807, 2.05) is 5.32 Å². The van der Waals surface area contributed by atoms with E-state index in [0.717, 1.165) is 0 Å². The molecule has 0 aromatic carbocycles. The third-order valence-corrected chi connectivity index (χ3v) is 3.36. The van der Waals surface area contributed by atoms with Crippen molar-refractivity contribution in [2.24, 2.45) is 5.41 Å². The van der Waals surface area contributed by atoms with Gasteiger partial charge in [-0.15, -0.1) is 0 Å². The summed E-state index contributed by atoms with van der Waals surface area (Å²) < 4.78 is 0. The summed E-state index contributed by atoms with van der Waals surface area (Å²) in [4.78, 5) is 47.5. The number of nitrogens with one attached hydrogen (secondary N) is 1. The highest BCUT2D eigenvalue weighted by molar-refractivity contribution is 6.25. The van der Waals surface area contributed by atoms with E-state index in [1.54, 1.807) is 13.8 Å². The first-order chi connectivity index (χ1) is 8.85. The molecule has 1 fully saturated rings. The van der Waals surface area contributed by atoms with Gasteiger partial charge in [0.05, 0.1) is 6.61 Å². The highest BCUT2D eigenvalue weighted by Gasteiger charge is 2.54. The summed E-state index contributed by atoms with van der Waals surface area (Å²) in [6.45, 7) is 2.25. The number of rotatable bonds is 4. The van der Waals surface area contributed by atoms with Crippen molar-refractivity contribution in [2.45, 2.75) is 32.8 Å². The molecule has 0 aromatic heterocycles. The zero-order chi connectivity index (χ0) is 14.8. The summed E-state index contributed by atoms with van der Waals surface area (Å²) in [7, 11) is 0. The molecular formula is C11H16N2O6. The number of aliphatic hydroxyl groups excluding tert-OH is 2. The first kappa shape index (κ1) is 15.3. The Kier molecular flexibility index (Phi) is 4.38. The Morgan fingerprint density at radius 2 is 1.84 bits per heavy atom. The van der Waals surface area contributed by atoms with Crippen molar-refractivity contribution in [1.82, 2.24) is 10.2 Å². The van der Waals surface area contributed by atoms with E-state index in [2.05, 4.69) is 0 Å². The fourth-order valence-electron chi connectivity index (χ4n) is 1.98. The maximum absolute atomic E-state index is 12.2. The van der Waals surface area contributed by atoms with Gasteiger partial charge < -0.3 is 10.2 Å². The summed E-state index contributed by atoms with van der Waals surface area (Å²) >= 11 is 0. The molecule has 1 aliphatic rings. The number of carbonyl (C=O) groups excluding carboxylic acids is 4. The van der Waals surface area contributed by atoms with Gasteiger partial charge in [0.1, 0.15) is 5.41 Å². The van der Waals surface area contributed by atoms with E-state index >= 15 is 0 Å². The normalized spacial score (nSPS) is 20.2. The number of aliphatic hydroxyl groups is 2. The maximum Gasteiger partial charge on any atom is 0.337 e. The minimum Gasteiger partial charge on any atom is -0.393 e. The van der Waals surface area contributed by atoms with Crippen molar-refractivity contribution < 1.29 is 29.4 Å². The third-order valence-electron chi connectivity index (χ3n) is 3.36. The van der Waals surface area contributed by atoms with E-state index in [9.17, 15) is 24.3 Å². The second kappa shape index (κ2) is 5.45. The molecule has 1 saturated heterocycles. The van der Waals surface area contributed by atoms with E-state index in [1.165, 1.54) is 0 Å². The topological polar surface area (TPSA) is 124 Å². The molecule has 0 bridgehead atoms. The Morgan fingerprint density at radius 3 is 2.26 bits per heavy atom. The molecule has 1 heterocycles. The van der Waals surface area contributed by atoms with Gasteiger partial charge in [-0.3, -0.25) is 19.7 Å². The van der Waals surface area contributed by atoms with Crippen LogP contribution in [0.2, 0.25) is 0 Å². The molecule has 0 aliphatic carbocycles. The Labute approximate surface area is 109 Å². The molecular weight excluding hydrogens is 256 g/mol. The van der Waals surface area contributed by atoms with E-state index < -0.39 is 41.9 Å². The standard InChI is InChI=1S/C11H16N2O6/c1-3-11(4-2)8(17)12-10(19)13(9(11)18)7(16)6(15)5-14/h6,14-15H,3-5H2,1-2H3,(H,12,17,19). The molecule has 8 heteroatoms. The van der Waals surface area contributed by atoms with Gasteiger partial charge in [0.2, 0.25) is 5.91 Å². The van der Waals surface area contributed by atoms with Gasteiger partial charge in [-0.25, -0.2) is 4.79 Å². The largest absolute Gasteiger partial charge is 0.393 e. The van der Waals surface area contributed by atoms with Gasteiger partial charge >= 0.3 is 6.03 Å². The Morgan fingerprint density at radius 1 is 1.32 bits per heavy atom. The highest BCUT2D eigenvalue weighted by Crippen LogP contribution is 2.32. The number of carbonyl (C=O) groups is 4. The van der Waals surface area contributed by atoms with E-state index in [-0.39, 0.29) is 17.7 Å². The monoisotopic (exact) mass is 272 g/mol. The van der Waals surface area contributed by atoms with Gasteiger partial charge in [-0.1, -0.05) is 13.8 Å². The van der Waals surface area contributed by atoms with Crippen molar-refractivity contribution in [2.75, 3.05) is 6.61 Å². The number of nitrogens with zero attached hydrogens (tertiary/aromatic N) is 1. The smallest absolute Gasteiger partial charge is 0.337 e.